The maximum absolute atomic E-state index is 12.7. The Morgan fingerprint density at radius 1 is 1.31 bits per heavy atom. The molecule has 4 rings (SSSR count). The number of carbonyl (C=O) groups is 1. The number of ether oxygens (including phenoxy) is 1. The first-order chi connectivity index (χ1) is 15.3. The molecular weight excluding hydrogens is 412 g/mol. The third-order valence-corrected chi connectivity index (χ3v) is 6.94. The highest BCUT2D eigenvalue weighted by Gasteiger charge is 2.50. The predicted molar refractivity (Wildman–Crippen MR) is 119 cm³/mol. The van der Waals surface area contributed by atoms with Crippen LogP contribution in [0.2, 0.25) is 0 Å². The maximum Gasteiger partial charge on any atom is 0.239 e. The Kier molecular flexibility index (Phi) is 6.35. The van der Waals surface area contributed by atoms with Crippen LogP contribution in [-0.4, -0.2) is 78.9 Å². The van der Waals surface area contributed by atoms with Gasteiger partial charge >= 0.3 is 0 Å². The standard InChI is InChI=1S/C21H34N8O3/c1-20(31)11-21(5-8-28(9-6-21)19(30)14(23)4-2-3-7-22)32-10-15(20)29-13-27-16-17(24)25-12-26-18(16)29/h12-15,31H,2-11,22-23H2,1H3,(H2,24,25,26)/t14-,15-,20-/m0/s1. The second kappa shape index (κ2) is 8.89. The molecule has 0 unspecified atom stereocenters. The van der Waals surface area contributed by atoms with Gasteiger partial charge in [-0.25, -0.2) is 15.0 Å². The number of hydrogen-bond donors (Lipinski definition) is 4. The van der Waals surface area contributed by atoms with Crippen molar-refractivity contribution in [1.29, 1.82) is 0 Å². The summed E-state index contributed by atoms with van der Waals surface area (Å²) in [6.07, 6.45) is 7.18. The van der Waals surface area contributed by atoms with Crippen LogP contribution in [-0.2, 0) is 9.53 Å². The quantitative estimate of drug-likeness (QED) is 0.443. The van der Waals surface area contributed by atoms with Gasteiger partial charge in [-0.1, -0.05) is 6.42 Å². The van der Waals surface area contributed by atoms with Crippen molar-refractivity contribution in [2.45, 2.75) is 68.7 Å². The maximum atomic E-state index is 12.7. The van der Waals surface area contributed by atoms with Crippen molar-refractivity contribution >= 4 is 22.9 Å². The van der Waals surface area contributed by atoms with Crippen LogP contribution in [0.15, 0.2) is 12.7 Å². The van der Waals surface area contributed by atoms with Crippen LogP contribution < -0.4 is 17.2 Å². The summed E-state index contributed by atoms with van der Waals surface area (Å²) in [5, 5.41) is 11.4. The largest absolute Gasteiger partial charge is 0.388 e. The van der Waals surface area contributed by atoms with E-state index in [1.165, 1.54) is 6.33 Å². The number of anilines is 1. The lowest BCUT2D eigenvalue weighted by molar-refractivity contribution is -0.197. The smallest absolute Gasteiger partial charge is 0.239 e. The number of nitrogens with two attached hydrogens (primary N) is 3. The topological polar surface area (TPSA) is 171 Å². The van der Waals surface area contributed by atoms with Crippen molar-refractivity contribution in [1.82, 2.24) is 24.4 Å². The summed E-state index contributed by atoms with van der Waals surface area (Å²) in [5.74, 6) is 0.291. The Balaban J connectivity index is 1.41. The zero-order valence-corrected chi connectivity index (χ0v) is 18.6. The second-order valence-corrected chi connectivity index (χ2v) is 9.34. The minimum atomic E-state index is -1.05. The second-order valence-electron chi connectivity index (χ2n) is 9.34. The third-order valence-electron chi connectivity index (χ3n) is 6.94. The lowest BCUT2D eigenvalue weighted by Gasteiger charge is -2.51. The fraction of sp³-hybridized carbons (Fsp3) is 0.714. The molecule has 11 heteroatoms. The molecule has 7 N–H and O–H groups in total. The summed E-state index contributed by atoms with van der Waals surface area (Å²) in [5.41, 5.74) is 17.1. The lowest BCUT2D eigenvalue weighted by atomic mass is 9.75. The number of piperidine rings is 1. The number of likely N-dealkylation sites (tertiary alicyclic amines) is 1. The molecule has 0 aromatic carbocycles. The molecule has 0 radical (unpaired) electrons. The van der Waals surface area contributed by atoms with Crippen molar-refractivity contribution < 1.29 is 14.6 Å². The molecule has 1 spiro atoms. The molecule has 32 heavy (non-hydrogen) atoms. The SMILES string of the molecule is C[C@]1(O)CC2(CCN(C(=O)[C@@H](N)CCCCN)CC2)OC[C@@H]1n1cnc2c(N)ncnc21. The van der Waals surface area contributed by atoms with Crippen LogP contribution in [0, 0.1) is 0 Å². The molecule has 2 aliphatic rings. The number of nitrogen functional groups attached to an aromatic ring is 1. The first kappa shape index (κ1) is 22.8. The number of unbranched alkanes of at least 4 members (excludes halogenated alkanes) is 1. The van der Waals surface area contributed by atoms with E-state index in [1.807, 2.05) is 16.4 Å². The summed E-state index contributed by atoms with van der Waals surface area (Å²) in [6.45, 7) is 3.89. The highest BCUT2D eigenvalue weighted by Crippen LogP contribution is 2.44. The Bertz CT molecular complexity index is 954. The fourth-order valence-corrected chi connectivity index (χ4v) is 5.06. The normalized spacial score (nSPS) is 26.5. The number of carbonyl (C=O) groups excluding carboxylic acids is 1. The van der Waals surface area contributed by atoms with Crippen LogP contribution in [0.4, 0.5) is 5.82 Å². The number of amides is 1. The van der Waals surface area contributed by atoms with Gasteiger partial charge < -0.3 is 36.5 Å². The number of imidazole rings is 1. The van der Waals surface area contributed by atoms with Crippen LogP contribution in [0.5, 0.6) is 0 Å². The minimum Gasteiger partial charge on any atom is -0.388 e. The van der Waals surface area contributed by atoms with E-state index in [4.69, 9.17) is 21.9 Å². The molecule has 0 aliphatic carbocycles. The first-order valence-corrected chi connectivity index (χ1v) is 11.3. The lowest BCUT2D eigenvalue weighted by Crippen LogP contribution is -2.59. The average molecular weight is 447 g/mol. The fourth-order valence-electron chi connectivity index (χ4n) is 5.06. The molecule has 0 bridgehead atoms. The van der Waals surface area contributed by atoms with Gasteiger partial charge in [-0.05, 0) is 39.2 Å². The van der Waals surface area contributed by atoms with Crippen LogP contribution in [0.1, 0.15) is 51.5 Å². The Labute approximate surface area is 187 Å². The van der Waals surface area contributed by atoms with Crippen LogP contribution in [0.3, 0.4) is 0 Å². The molecule has 2 aromatic rings. The van der Waals surface area contributed by atoms with Crippen molar-refractivity contribution in [3.05, 3.63) is 12.7 Å². The number of aromatic nitrogens is 4. The Hall–Kier alpha value is -2.34. The zero-order valence-electron chi connectivity index (χ0n) is 18.6. The minimum absolute atomic E-state index is 0.0144. The van der Waals surface area contributed by atoms with Gasteiger partial charge in [-0.15, -0.1) is 0 Å². The van der Waals surface area contributed by atoms with E-state index in [1.54, 1.807) is 6.33 Å². The van der Waals surface area contributed by atoms with E-state index in [-0.39, 0.29) is 11.9 Å². The zero-order chi connectivity index (χ0) is 22.9. The summed E-state index contributed by atoms with van der Waals surface area (Å²) in [6, 6.07) is -0.845. The van der Waals surface area contributed by atoms with Crippen LogP contribution in [0.25, 0.3) is 11.2 Å². The number of rotatable bonds is 6. The number of aliphatic hydroxyl groups is 1. The van der Waals surface area contributed by atoms with Gasteiger partial charge in [-0.3, -0.25) is 4.79 Å². The molecule has 3 atom stereocenters. The molecule has 2 saturated heterocycles. The predicted octanol–water partition coefficient (Wildman–Crippen LogP) is -0.0616. The Morgan fingerprint density at radius 2 is 2.06 bits per heavy atom. The van der Waals surface area contributed by atoms with Gasteiger partial charge in [0.15, 0.2) is 11.5 Å². The molecule has 11 nitrogen and oxygen atoms in total. The highest BCUT2D eigenvalue weighted by molar-refractivity contribution is 5.82. The molecule has 2 aliphatic heterocycles. The molecular formula is C21H34N8O3. The van der Waals surface area contributed by atoms with Gasteiger partial charge in [0.05, 0.1) is 36.2 Å². The first-order valence-electron chi connectivity index (χ1n) is 11.3. The molecule has 4 heterocycles. The molecule has 2 aromatic heterocycles. The van der Waals surface area contributed by atoms with Crippen LogP contribution >= 0.6 is 0 Å². The van der Waals surface area contributed by atoms with Gasteiger partial charge in [0.2, 0.25) is 5.91 Å². The van der Waals surface area contributed by atoms with E-state index < -0.39 is 17.2 Å². The summed E-state index contributed by atoms with van der Waals surface area (Å²) < 4.78 is 8.18. The molecule has 1 amide bonds. The van der Waals surface area contributed by atoms with E-state index in [9.17, 15) is 9.90 Å². The van der Waals surface area contributed by atoms with E-state index >= 15 is 0 Å². The van der Waals surface area contributed by atoms with Crippen molar-refractivity contribution in [3.63, 3.8) is 0 Å². The Morgan fingerprint density at radius 3 is 2.75 bits per heavy atom. The number of hydrogen-bond acceptors (Lipinski definition) is 9. The van der Waals surface area contributed by atoms with E-state index in [2.05, 4.69) is 15.0 Å². The third kappa shape index (κ3) is 4.29. The van der Waals surface area contributed by atoms with Gasteiger partial charge in [-0.2, -0.15) is 0 Å². The molecule has 176 valence electrons. The molecule has 2 fully saturated rings. The monoisotopic (exact) mass is 446 g/mol. The number of nitrogens with zero attached hydrogens (tertiary/aromatic N) is 5. The van der Waals surface area contributed by atoms with Gasteiger partial charge in [0, 0.05) is 19.5 Å². The van der Waals surface area contributed by atoms with E-state index in [0.717, 1.165) is 12.8 Å². The van der Waals surface area contributed by atoms with Crippen molar-refractivity contribution in [2.75, 3.05) is 32.0 Å². The average Bonchev–Trinajstić information content (AvgIpc) is 3.18. The summed E-state index contributed by atoms with van der Waals surface area (Å²) in [7, 11) is 0. The summed E-state index contributed by atoms with van der Waals surface area (Å²) in [4.78, 5) is 27.1. The molecule has 0 saturated carbocycles. The highest BCUT2D eigenvalue weighted by atomic mass is 16.5. The summed E-state index contributed by atoms with van der Waals surface area (Å²) >= 11 is 0. The van der Waals surface area contributed by atoms with Gasteiger partial charge in [0.25, 0.3) is 0 Å². The van der Waals surface area contributed by atoms with Crippen molar-refractivity contribution in [2.24, 2.45) is 11.5 Å². The van der Waals surface area contributed by atoms with Crippen molar-refractivity contribution in [3.8, 4) is 0 Å². The van der Waals surface area contributed by atoms with E-state index in [0.29, 0.717) is 68.9 Å². The number of fused-ring (bicyclic) bond motifs is 1. The van der Waals surface area contributed by atoms with Gasteiger partial charge in [0.1, 0.15) is 11.8 Å².